The lowest BCUT2D eigenvalue weighted by Gasteiger charge is -2.31. The maximum atomic E-state index is 12.5. The van der Waals surface area contributed by atoms with Gasteiger partial charge in [-0.3, -0.25) is 4.79 Å². The quantitative estimate of drug-likeness (QED) is 0.897. The number of rotatable bonds is 3. The molecule has 0 unspecified atom stereocenters. The minimum atomic E-state index is -0.0778. The van der Waals surface area contributed by atoms with Crippen molar-refractivity contribution >= 4 is 5.91 Å². The molecule has 2 N–H and O–H groups in total. The van der Waals surface area contributed by atoms with Gasteiger partial charge in [0.25, 0.3) is 0 Å². The van der Waals surface area contributed by atoms with E-state index in [9.17, 15) is 4.79 Å². The summed E-state index contributed by atoms with van der Waals surface area (Å²) in [7, 11) is 0. The molecule has 0 spiro atoms. The number of carbonyl (C=O) groups is 1. The van der Waals surface area contributed by atoms with E-state index in [0.717, 1.165) is 13.0 Å². The van der Waals surface area contributed by atoms with E-state index in [4.69, 9.17) is 0 Å². The average Bonchev–Trinajstić information content (AvgIpc) is 2.55. The van der Waals surface area contributed by atoms with Gasteiger partial charge in [0.1, 0.15) is 0 Å². The molecular formula is C18H26N2O. The van der Waals surface area contributed by atoms with Gasteiger partial charge in [-0.2, -0.15) is 0 Å². The number of fused-ring (bicyclic) bond motifs is 1. The Morgan fingerprint density at radius 1 is 1.19 bits per heavy atom. The third kappa shape index (κ3) is 3.46. The first-order valence-corrected chi connectivity index (χ1v) is 8.34. The Morgan fingerprint density at radius 2 is 1.90 bits per heavy atom. The van der Waals surface area contributed by atoms with E-state index in [2.05, 4.69) is 41.8 Å². The Hall–Kier alpha value is -1.35. The van der Waals surface area contributed by atoms with Crippen LogP contribution in [0, 0.1) is 5.92 Å². The van der Waals surface area contributed by atoms with E-state index >= 15 is 0 Å². The van der Waals surface area contributed by atoms with Gasteiger partial charge in [0.15, 0.2) is 0 Å². The van der Waals surface area contributed by atoms with E-state index < -0.39 is 0 Å². The van der Waals surface area contributed by atoms with Crippen molar-refractivity contribution in [2.45, 2.75) is 64.1 Å². The van der Waals surface area contributed by atoms with E-state index in [1.54, 1.807) is 0 Å². The summed E-state index contributed by atoms with van der Waals surface area (Å²) < 4.78 is 0. The summed E-state index contributed by atoms with van der Waals surface area (Å²) in [4.78, 5) is 12.5. The maximum absolute atomic E-state index is 12.5. The van der Waals surface area contributed by atoms with Crippen molar-refractivity contribution in [2.75, 3.05) is 0 Å². The molecule has 21 heavy (non-hydrogen) atoms. The van der Waals surface area contributed by atoms with Gasteiger partial charge in [-0.25, -0.2) is 0 Å². The molecule has 1 fully saturated rings. The number of nitrogens with one attached hydrogen (secondary N) is 2. The molecule has 114 valence electrons. The van der Waals surface area contributed by atoms with Gasteiger partial charge in [0, 0.05) is 12.6 Å². The van der Waals surface area contributed by atoms with Crippen molar-refractivity contribution < 1.29 is 4.79 Å². The molecule has 0 saturated heterocycles. The first-order valence-electron chi connectivity index (χ1n) is 8.34. The van der Waals surface area contributed by atoms with Crippen molar-refractivity contribution in [3.63, 3.8) is 0 Å². The highest BCUT2D eigenvalue weighted by molar-refractivity contribution is 5.82. The highest BCUT2D eigenvalue weighted by Gasteiger charge is 2.27. The van der Waals surface area contributed by atoms with E-state index in [1.807, 2.05) is 0 Å². The SMILES string of the molecule is C[C@@H](NC(=O)[C@H]1Cc2ccccc2CN1)C1CCCCC1. The van der Waals surface area contributed by atoms with Crippen molar-refractivity contribution in [1.29, 1.82) is 0 Å². The van der Waals surface area contributed by atoms with Crippen LogP contribution in [0.25, 0.3) is 0 Å². The first kappa shape index (κ1) is 14.6. The highest BCUT2D eigenvalue weighted by Crippen LogP contribution is 2.26. The van der Waals surface area contributed by atoms with Gasteiger partial charge >= 0.3 is 0 Å². The van der Waals surface area contributed by atoms with Crippen molar-refractivity contribution in [3.05, 3.63) is 35.4 Å². The summed E-state index contributed by atoms with van der Waals surface area (Å²) in [5.41, 5.74) is 2.63. The minimum Gasteiger partial charge on any atom is -0.352 e. The second-order valence-electron chi connectivity index (χ2n) is 6.60. The van der Waals surface area contributed by atoms with Gasteiger partial charge in [-0.05, 0) is 43.2 Å². The Bertz CT molecular complexity index is 494. The fourth-order valence-electron chi connectivity index (χ4n) is 3.72. The molecular weight excluding hydrogens is 260 g/mol. The Balaban J connectivity index is 1.56. The molecule has 1 aliphatic carbocycles. The van der Waals surface area contributed by atoms with Gasteiger partial charge in [-0.15, -0.1) is 0 Å². The molecule has 1 heterocycles. The Kier molecular flexibility index (Phi) is 4.59. The zero-order valence-electron chi connectivity index (χ0n) is 12.9. The topological polar surface area (TPSA) is 41.1 Å². The molecule has 1 amide bonds. The monoisotopic (exact) mass is 286 g/mol. The lowest BCUT2D eigenvalue weighted by Crippen LogP contribution is -2.51. The van der Waals surface area contributed by atoms with E-state index in [1.165, 1.54) is 43.2 Å². The third-order valence-electron chi connectivity index (χ3n) is 5.12. The number of amides is 1. The number of carbonyl (C=O) groups excluding carboxylic acids is 1. The second-order valence-corrected chi connectivity index (χ2v) is 6.60. The molecule has 1 saturated carbocycles. The molecule has 1 aliphatic heterocycles. The Labute approximate surface area is 127 Å². The van der Waals surface area contributed by atoms with Crippen LogP contribution in [0.3, 0.4) is 0 Å². The van der Waals surface area contributed by atoms with Crippen LogP contribution < -0.4 is 10.6 Å². The van der Waals surface area contributed by atoms with Gasteiger partial charge in [-0.1, -0.05) is 43.5 Å². The van der Waals surface area contributed by atoms with Crippen LogP contribution in [0.5, 0.6) is 0 Å². The van der Waals surface area contributed by atoms with Gasteiger partial charge in [0.2, 0.25) is 5.91 Å². The standard InChI is InChI=1S/C18H26N2O/c1-13(14-7-3-2-4-8-14)20-18(21)17-11-15-9-5-6-10-16(15)12-19-17/h5-6,9-10,13-14,17,19H,2-4,7-8,11-12H2,1H3,(H,20,21)/t13-,17-/m1/s1. The van der Waals surface area contributed by atoms with Crippen LogP contribution in [0.1, 0.15) is 50.2 Å². The van der Waals surface area contributed by atoms with Gasteiger partial charge < -0.3 is 10.6 Å². The molecule has 3 nitrogen and oxygen atoms in total. The largest absolute Gasteiger partial charge is 0.352 e. The lowest BCUT2D eigenvalue weighted by molar-refractivity contribution is -0.124. The van der Waals surface area contributed by atoms with Crippen LogP contribution in [0.15, 0.2) is 24.3 Å². The van der Waals surface area contributed by atoms with Crippen LogP contribution in [-0.2, 0) is 17.8 Å². The minimum absolute atomic E-state index is 0.0778. The summed E-state index contributed by atoms with van der Waals surface area (Å²) in [5.74, 6) is 0.834. The molecule has 3 heteroatoms. The lowest BCUT2D eigenvalue weighted by atomic mass is 9.84. The van der Waals surface area contributed by atoms with Crippen LogP contribution in [0.2, 0.25) is 0 Å². The van der Waals surface area contributed by atoms with Crippen molar-refractivity contribution in [2.24, 2.45) is 5.92 Å². The number of hydrogen-bond acceptors (Lipinski definition) is 2. The third-order valence-corrected chi connectivity index (χ3v) is 5.12. The predicted octanol–water partition coefficient (Wildman–Crippen LogP) is 2.79. The number of hydrogen-bond donors (Lipinski definition) is 2. The fraction of sp³-hybridized carbons (Fsp3) is 0.611. The average molecular weight is 286 g/mol. The van der Waals surface area contributed by atoms with Crippen LogP contribution >= 0.6 is 0 Å². The van der Waals surface area contributed by atoms with E-state index in [-0.39, 0.29) is 11.9 Å². The molecule has 0 aromatic heterocycles. The molecule has 0 bridgehead atoms. The fourth-order valence-corrected chi connectivity index (χ4v) is 3.72. The summed E-state index contributed by atoms with van der Waals surface area (Å²) in [5, 5.41) is 6.62. The number of benzene rings is 1. The van der Waals surface area contributed by atoms with Crippen molar-refractivity contribution in [1.82, 2.24) is 10.6 Å². The van der Waals surface area contributed by atoms with E-state index in [0.29, 0.717) is 12.0 Å². The smallest absolute Gasteiger partial charge is 0.237 e. The van der Waals surface area contributed by atoms with Crippen molar-refractivity contribution in [3.8, 4) is 0 Å². The molecule has 1 aromatic carbocycles. The zero-order valence-corrected chi connectivity index (χ0v) is 12.9. The molecule has 2 atom stereocenters. The molecule has 1 aromatic rings. The summed E-state index contributed by atoms with van der Waals surface area (Å²) in [6.07, 6.45) is 7.34. The second kappa shape index (κ2) is 6.61. The Morgan fingerprint density at radius 3 is 2.67 bits per heavy atom. The summed E-state index contributed by atoms with van der Waals surface area (Å²) >= 11 is 0. The van der Waals surface area contributed by atoms with Gasteiger partial charge in [0.05, 0.1) is 6.04 Å². The maximum Gasteiger partial charge on any atom is 0.237 e. The highest BCUT2D eigenvalue weighted by atomic mass is 16.2. The first-order chi connectivity index (χ1) is 10.2. The predicted molar refractivity (Wildman–Crippen MR) is 85.0 cm³/mol. The summed E-state index contributed by atoms with van der Waals surface area (Å²) in [6.45, 7) is 2.97. The molecule has 3 rings (SSSR count). The molecule has 2 aliphatic rings. The van der Waals surface area contributed by atoms with Crippen LogP contribution in [0.4, 0.5) is 0 Å². The molecule has 0 radical (unpaired) electrons. The normalized spacial score (nSPS) is 24.1. The zero-order chi connectivity index (χ0) is 14.7. The van der Waals surface area contributed by atoms with Crippen LogP contribution in [-0.4, -0.2) is 18.0 Å². The summed E-state index contributed by atoms with van der Waals surface area (Å²) in [6, 6.07) is 8.63.